The van der Waals surface area contributed by atoms with Gasteiger partial charge in [-0.15, -0.1) is 0 Å². The molecule has 4 nitrogen and oxygen atoms in total. The van der Waals surface area contributed by atoms with Crippen LogP contribution in [-0.4, -0.2) is 20.1 Å². The molecule has 1 heterocycles. The first kappa shape index (κ1) is 16.2. The van der Waals surface area contributed by atoms with E-state index >= 15 is 0 Å². The average Bonchev–Trinajstić information content (AvgIpc) is 3.00. The van der Waals surface area contributed by atoms with Gasteiger partial charge in [0, 0.05) is 36.7 Å². The van der Waals surface area contributed by atoms with Crippen molar-refractivity contribution in [3.63, 3.8) is 0 Å². The molecule has 0 N–H and O–H groups in total. The van der Waals surface area contributed by atoms with Crippen LogP contribution in [0.1, 0.15) is 22.1 Å². The van der Waals surface area contributed by atoms with Gasteiger partial charge < -0.3 is 14.5 Å². The SMILES string of the molecule is CN(C)c1ccc2c(c1)C(=O)OC2N(c1ccccc1)c1ccccc1. The standard InChI is InChI=1S/C22H20N2O2/c1-23(2)18-13-14-19-20(15-18)22(25)26-21(19)24(16-9-5-3-6-10-16)17-11-7-4-8-12-17/h3-15,21H,1-2H3. The van der Waals surface area contributed by atoms with Gasteiger partial charge in [0.2, 0.25) is 6.23 Å². The first-order valence-electron chi connectivity index (χ1n) is 8.57. The number of hydrogen-bond donors (Lipinski definition) is 0. The van der Waals surface area contributed by atoms with Crippen molar-refractivity contribution in [3.8, 4) is 0 Å². The number of benzene rings is 3. The van der Waals surface area contributed by atoms with E-state index in [4.69, 9.17) is 4.74 Å². The molecule has 3 aromatic carbocycles. The largest absolute Gasteiger partial charge is 0.433 e. The van der Waals surface area contributed by atoms with Crippen molar-refractivity contribution in [3.05, 3.63) is 90.0 Å². The Morgan fingerprint density at radius 2 is 1.35 bits per heavy atom. The topological polar surface area (TPSA) is 32.8 Å². The summed E-state index contributed by atoms with van der Waals surface area (Å²) >= 11 is 0. The summed E-state index contributed by atoms with van der Waals surface area (Å²) in [7, 11) is 3.92. The molecule has 26 heavy (non-hydrogen) atoms. The third-order valence-electron chi connectivity index (χ3n) is 4.56. The van der Waals surface area contributed by atoms with Crippen LogP contribution in [0, 0.1) is 0 Å². The van der Waals surface area contributed by atoms with Crippen molar-refractivity contribution in [1.29, 1.82) is 0 Å². The zero-order chi connectivity index (χ0) is 18.1. The molecule has 1 aliphatic rings. The van der Waals surface area contributed by atoms with Crippen LogP contribution in [0.25, 0.3) is 0 Å². The number of carbonyl (C=O) groups excluding carboxylic acids is 1. The highest BCUT2D eigenvalue weighted by atomic mass is 16.6. The van der Waals surface area contributed by atoms with Crippen LogP contribution in [0.15, 0.2) is 78.9 Å². The third-order valence-corrected chi connectivity index (χ3v) is 4.56. The van der Waals surface area contributed by atoms with E-state index in [-0.39, 0.29) is 5.97 Å². The van der Waals surface area contributed by atoms with E-state index in [1.165, 1.54) is 0 Å². The molecule has 3 aromatic rings. The molecule has 0 aromatic heterocycles. The van der Waals surface area contributed by atoms with Crippen molar-refractivity contribution in [2.45, 2.75) is 6.23 Å². The lowest BCUT2D eigenvalue weighted by Gasteiger charge is -2.30. The fourth-order valence-corrected chi connectivity index (χ4v) is 3.23. The van der Waals surface area contributed by atoms with Gasteiger partial charge in [-0.25, -0.2) is 4.79 Å². The second-order valence-electron chi connectivity index (χ2n) is 6.46. The van der Waals surface area contributed by atoms with E-state index in [1.807, 2.05) is 97.9 Å². The highest BCUT2D eigenvalue weighted by Crippen LogP contribution is 2.41. The minimum Gasteiger partial charge on any atom is -0.433 e. The van der Waals surface area contributed by atoms with E-state index in [1.54, 1.807) is 0 Å². The maximum absolute atomic E-state index is 12.6. The van der Waals surface area contributed by atoms with Crippen LogP contribution in [-0.2, 0) is 4.74 Å². The number of para-hydroxylation sites is 2. The predicted octanol–water partition coefficient (Wildman–Crippen LogP) is 4.76. The van der Waals surface area contributed by atoms with E-state index in [9.17, 15) is 4.79 Å². The Bertz CT molecular complexity index is 884. The first-order valence-corrected chi connectivity index (χ1v) is 8.57. The van der Waals surface area contributed by atoms with Crippen molar-refractivity contribution in [2.75, 3.05) is 23.9 Å². The summed E-state index contributed by atoms with van der Waals surface area (Å²) in [5.74, 6) is -0.287. The Kier molecular flexibility index (Phi) is 4.09. The van der Waals surface area contributed by atoms with E-state index in [0.29, 0.717) is 5.56 Å². The molecule has 0 saturated heterocycles. The monoisotopic (exact) mass is 344 g/mol. The van der Waals surface area contributed by atoms with E-state index < -0.39 is 6.23 Å². The molecule has 130 valence electrons. The highest BCUT2D eigenvalue weighted by Gasteiger charge is 2.36. The quantitative estimate of drug-likeness (QED) is 0.639. The lowest BCUT2D eigenvalue weighted by Crippen LogP contribution is -2.23. The number of ether oxygens (including phenoxy) is 1. The van der Waals surface area contributed by atoms with Crippen molar-refractivity contribution in [1.82, 2.24) is 0 Å². The molecule has 1 aliphatic heterocycles. The lowest BCUT2D eigenvalue weighted by atomic mass is 10.1. The van der Waals surface area contributed by atoms with Crippen molar-refractivity contribution >= 4 is 23.0 Å². The number of esters is 1. The Labute approximate surface area is 153 Å². The van der Waals surface area contributed by atoms with Gasteiger partial charge in [0.25, 0.3) is 0 Å². The van der Waals surface area contributed by atoms with Gasteiger partial charge in [-0.2, -0.15) is 0 Å². The van der Waals surface area contributed by atoms with Gasteiger partial charge in [-0.05, 0) is 36.4 Å². The summed E-state index contributed by atoms with van der Waals surface area (Å²) < 4.78 is 5.81. The average molecular weight is 344 g/mol. The van der Waals surface area contributed by atoms with Gasteiger partial charge in [0.15, 0.2) is 0 Å². The molecule has 0 saturated carbocycles. The first-order chi connectivity index (χ1) is 12.6. The van der Waals surface area contributed by atoms with E-state index in [2.05, 4.69) is 4.90 Å². The van der Waals surface area contributed by atoms with Crippen LogP contribution in [0.4, 0.5) is 17.1 Å². The van der Waals surface area contributed by atoms with Crippen LogP contribution < -0.4 is 9.80 Å². The zero-order valence-electron chi connectivity index (χ0n) is 14.8. The molecule has 4 heteroatoms. The molecule has 0 radical (unpaired) electrons. The molecule has 0 bridgehead atoms. The van der Waals surface area contributed by atoms with Crippen LogP contribution in [0.5, 0.6) is 0 Å². The molecule has 4 rings (SSSR count). The van der Waals surface area contributed by atoms with Crippen LogP contribution >= 0.6 is 0 Å². The number of nitrogens with zero attached hydrogens (tertiary/aromatic N) is 2. The molecule has 0 fully saturated rings. The fraction of sp³-hybridized carbons (Fsp3) is 0.136. The Hall–Kier alpha value is -3.27. The number of rotatable bonds is 4. The molecule has 0 spiro atoms. The molecular formula is C22H20N2O2. The fourth-order valence-electron chi connectivity index (χ4n) is 3.23. The maximum Gasteiger partial charge on any atom is 0.340 e. The number of cyclic esters (lactones) is 1. The smallest absolute Gasteiger partial charge is 0.340 e. The Morgan fingerprint density at radius 3 is 1.88 bits per heavy atom. The predicted molar refractivity (Wildman–Crippen MR) is 104 cm³/mol. The number of hydrogen-bond acceptors (Lipinski definition) is 4. The minimum atomic E-state index is -0.487. The summed E-state index contributed by atoms with van der Waals surface area (Å²) in [5, 5.41) is 0. The van der Waals surface area contributed by atoms with Gasteiger partial charge in [0.1, 0.15) is 0 Å². The summed E-state index contributed by atoms with van der Waals surface area (Å²) in [4.78, 5) is 16.6. The summed E-state index contributed by atoms with van der Waals surface area (Å²) in [6.45, 7) is 0. The Morgan fingerprint density at radius 1 is 0.769 bits per heavy atom. The summed E-state index contributed by atoms with van der Waals surface area (Å²) in [6, 6.07) is 25.9. The maximum atomic E-state index is 12.6. The van der Waals surface area contributed by atoms with Gasteiger partial charge >= 0.3 is 5.97 Å². The molecule has 0 amide bonds. The van der Waals surface area contributed by atoms with E-state index in [0.717, 1.165) is 22.6 Å². The van der Waals surface area contributed by atoms with Gasteiger partial charge in [-0.3, -0.25) is 0 Å². The van der Waals surface area contributed by atoms with Crippen LogP contribution in [0.2, 0.25) is 0 Å². The minimum absolute atomic E-state index is 0.287. The van der Waals surface area contributed by atoms with Gasteiger partial charge in [0.05, 0.1) is 5.56 Å². The number of anilines is 3. The molecule has 1 unspecified atom stereocenters. The summed E-state index contributed by atoms with van der Waals surface area (Å²) in [5.41, 5.74) is 4.43. The van der Waals surface area contributed by atoms with Crippen LogP contribution in [0.3, 0.4) is 0 Å². The second kappa shape index (κ2) is 6.56. The number of carbonyl (C=O) groups is 1. The summed E-state index contributed by atoms with van der Waals surface area (Å²) in [6.07, 6.45) is -0.487. The highest BCUT2D eigenvalue weighted by molar-refractivity contribution is 5.96. The normalized spacial score (nSPS) is 15.3. The second-order valence-corrected chi connectivity index (χ2v) is 6.46. The zero-order valence-corrected chi connectivity index (χ0v) is 14.8. The number of fused-ring (bicyclic) bond motifs is 1. The third kappa shape index (κ3) is 2.80. The lowest BCUT2D eigenvalue weighted by molar-refractivity contribution is 0.0399. The van der Waals surface area contributed by atoms with Crippen molar-refractivity contribution < 1.29 is 9.53 Å². The van der Waals surface area contributed by atoms with Crippen molar-refractivity contribution in [2.24, 2.45) is 0 Å². The van der Waals surface area contributed by atoms with Gasteiger partial charge in [-0.1, -0.05) is 42.5 Å². The molecule has 1 atom stereocenters. The molecular weight excluding hydrogens is 324 g/mol. The Balaban J connectivity index is 1.83. The molecule has 0 aliphatic carbocycles.